The molecule has 1 heterocycles. The van der Waals surface area contributed by atoms with E-state index in [4.69, 9.17) is 9.15 Å². The minimum atomic E-state index is -3.88. The zero-order valence-corrected chi connectivity index (χ0v) is 19.3. The van der Waals surface area contributed by atoms with Gasteiger partial charge in [-0.1, -0.05) is 36.4 Å². The Morgan fingerprint density at radius 2 is 1.73 bits per heavy atom. The molecule has 0 atom stereocenters. The van der Waals surface area contributed by atoms with Crippen molar-refractivity contribution < 1.29 is 22.4 Å². The van der Waals surface area contributed by atoms with Crippen molar-refractivity contribution in [2.45, 2.75) is 18.7 Å². The molecule has 0 fully saturated rings. The summed E-state index contributed by atoms with van der Waals surface area (Å²) < 4.78 is 39.2. The molecule has 4 aromatic rings. The van der Waals surface area contributed by atoms with Gasteiger partial charge in [-0.3, -0.25) is 9.10 Å². The van der Waals surface area contributed by atoms with E-state index in [9.17, 15) is 13.2 Å². The fourth-order valence-electron chi connectivity index (χ4n) is 3.73. The fraction of sp³-hybridized carbons (Fsp3) is 0.160. The topological polar surface area (TPSA) is 88.9 Å². The van der Waals surface area contributed by atoms with Gasteiger partial charge in [0.25, 0.3) is 15.9 Å². The van der Waals surface area contributed by atoms with Gasteiger partial charge in [0, 0.05) is 17.5 Å². The molecule has 3 aromatic carbocycles. The molecule has 1 aromatic heterocycles. The average Bonchev–Trinajstić information content (AvgIpc) is 3.17. The van der Waals surface area contributed by atoms with E-state index >= 15 is 0 Å². The van der Waals surface area contributed by atoms with Gasteiger partial charge in [0.05, 0.1) is 23.4 Å². The van der Waals surface area contributed by atoms with E-state index in [-0.39, 0.29) is 22.9 Å². The highest BCUT2D eigenvalue weighted by atomic mass is 32.2. The number of ether oxygens (including phenoxy) is 1. The Kier molecular flexibility index (Phi) is 6.11. The van der Waals surface area contributed by atoms with Gasteiger partial charge in [0.15, 0.2) is 5.76 Å². The number of furan rings is 1. The molecule has 0 radical (unpaired) electrons. The number of amides is 1. The van der Waals surface area contributed by atoms with Crippen molar-refractivity contribution in [3.8, 4) is 5.75 Å². The Morgan fingerprint density at radius 3 is 2.39 bits per heavy atom. The van der Waals surface area contributed by atoms with Crippen LogP contribution < -0.4 is 14.4 Å². The van der Waals surface area contributed by atoms with E-state index in [1.165, 1.54) is 29.6 Å². The third-order valence-electron chi connectivity index (χ3n) is 5.39. The van der Waals surface area contributed by atoms with Gasteiger partial charge < -0.3 is 14.5 Å². The first-order valence-electron chi connectivity index (χ1n) is 10.4. The molecule has 0 bridgehead atoms. The van der Waals surface area contributed by atoms with Crippen LogP contribution in [0.25, 0.3) is 11.0 Å². The van der Waals surface area contributed by atoms with E-state index in [0.717, 1.165) is 5.39 Å². The number of rotatable bonds is 7. The standard InChI is InChI=1S/C25H24N2O5S/c1-4-27(18-10-6-5-7-11-18)33(29,30)19-14-15-23(31-3)21(16-19)26-25(28)24-17(2)20-12-8-9-13-22(20)32-24/h5-16H,4H2,1-3H3,(H,26,28). The van der Waals surface area contributed by atoms with E-state index in [0.29, 0.717) is 22.6 Å². The second-order valence-corrected chi connectivity index (χ2v) is 9.24. The number of para-hydroxylation sites is 2. The highest BCUT2D eigenvalue weighted by Gasteiger charge is 2.26. The maximum atomic E-state index is 13.4. The van der Waals surface area contributed by atoms with Gasteiger partial charge in [0.1, 0.15) is 11.3 Å². The van der Waals surface area contributed by atoms with Crippen LogP contribution in [0.5, 0.6) is 5.75 Å². The lowest BCUT2D eigenvalue weighted by atomic mass is 10.1. The third kappa shape index (κ3) is 4.17. The highest BCUT2D eigenvalue weighted by molar-refractivity contribution is 7.92. The van der Waals surface area contributed by atoms with E-state index in [1.807, 2.05) is 24.3 Å². The molecule has 0 saturated heterocycles. The summed E-state index contributed by atoms with van der Waals surface area (Å²) in [5.41, 5.74) is 2.09. The van der Waals surface area contributed by atoms with Crippen molar-refractivity contribution >= 4 is 38.3 Å². The minimum absolute atomic E-state index is 0.0330. The first-order chi connectivity index (χ1) is 15.9. The smallest absolute Gasteiger partial charge is 0.291 e. The molecule has 170 valence electrons. The molecule has 0 aliphatic heterocycles. The number of carbonyl (C=O) groups is 1. The Labute approximate surface area is 192 Å². The molecular weight excluding hydrogens is 440 g/mol. The lowest BCUT2D eigenvalue weighted by Crippen LogP contribution is -2.30. The van der Waals surface area contributed by atoms with E-state index in [1.54, 1.807) is 44.2 Å². The van der Waals surface area contributed by atoms with E-state index < -0.39 is 15.9 Å². The van der Waals surface area contributed by atoms with Crippen LogP contribution in [0.1, 0.15) is 23.0 Å². The van der Waals surface area contributed by atoms with Crippen LogP contribution in [0, 0.1) is 6.92 Å². The van der Waals surface area contributed by atoms with Crippen LogP contribution in [0.2, 0.25) is 0 Å². The predicted molar refractivity (Wildman–Crippen MR) is 129 cm³/mol. The van der Waals surface area contributed by atoms with Gasteiger partial charge in [-0.2, -0.15) is 0 Å². The molecule has 7 nitrogen and oxygen atoms in total. The molecular formula is C25H24N2O5S. The van der Waals surface area contributed by atoms with Gasteiger partial charge in [0.2, 0.25) is 0 Å². The number of sulfonamides is 1. The molecule has 1 amide bonds. The maximum Gasteiger partial charge on any atom is 0.291 e. The van der Waals surface area contributed by atoms with Gasteiger partial charge in [-0.05, 0) is 50.2 Å². The number of hydrogen-bond acceptors (Lipinski definition) is 5. The molecule has 8 heteroatoms. The van der Waals surface area contributed by atoms with Crippen molar-refractivity contribution in [3.05, 3.63) is 84.1 Å². The summed E-state index contributed by atoms with van der Waals surface area (Å²) in [6.07, 6.45) is 0. The van der Waals surface area contributed by atoms with Gasteiger partial charge in [-0.15, -0.1) is 0 Å². The van der Waals surface area contributed by atoms with Crippen molar-refractivity contribution in [2.24, 2.45) is 0 Å². The third-order valence-corrected chi connectivity index (χ3v) is 7.29. The quantitative estimate of drug-likeness (QED) is 0.405. The first-order valence-corrected chi connectivity index (χ1v) is 11.9. The Balaban J connectivity index is 1.71. The molecule has 1 N–H and O–H groups in total. The number of carbonyl (C=O) groups excluding carboxylic acids is 1. The SMILES string of the molecule is CCN(c1ccccc1)S(=O)(=O)c1ccc(OC)c(NC(=O)c2oc3ccccc3c2C)c1. The van der Waals surface area contributed by atoms with E-state index in [2.05, 4.69) is 5.32 Å². The number of fused-ring (bicyclic) bond motifs is 1. The van der Waals surface area contributed by atoms with Crippen LogP contribution in [-0.4, -0.2) is 28.0 Å². The monoisotopic (exact) mass is 464 g/mol. The Morgan fingerprint density at radius 1 is 1.03 bits per heavy atom. The summed E-state index contributed by atoms with van der Waals surface area (Å²) >= 11 is 0. The lowest BCUT2D eigenvalue weighted by molar-refractivity contribution is 0.0997. The van der Waals surface area contributed by atoms with Crippen molar-refractivity contribution in [3.63, 3.8) is 0 Å². The molecule has 4 rings (SSSR count). The summed E-state index contributed by atoms with van der Waals surface area (Å²) in [5, 5.41) is 3.59. The van der Waals surface area contributed by atoms with Crippen molar-refractivity contribution in [1.82, 2.24) is 0 Å². The minimum Gasteiger partial charge on any atom is -0.495 e. The normalized spacial score (nSPS) is 11.4. The molecule has 0 spiro atoms. The molecule has 0 aliphatic rings. The van der Waals surface area contributed by atoms with Crippen LogP contribution >= 0.6 is 0 Å². The summed E-state index contributed by atoms with van der Waals surface area (Å²) in [7, 11) is -2.43. The molecule has 0 saturated carbocycles. The second-order valence-electron chi connectivity index (χ2n) is 7.37. The number of benzene rings is 3. The van der Waals surface area contributed by atoms with Crippen molar-refractivity contribution in [1.29, 1.82) is 0 Å². The maximum absolute atomic E-state index is 13.4. The Hall–Kier alpha value is -3.78. The second kappa shape index (κ2) is 8.99. The van der Waals surface area contributed by atoms with Crippen LogP contribution in [0.3, 0.4) is 0 Å². The number of nitrogens with zero attached hydrogens (tertiary/aromatic N) is 1. The van der Waals surface area contributed by atoms with Crippen LogP contribution in [0.15, 0.2) is 82.1 Å². The predicted octanol–water partition coefficient (Wildman–Crippen LogP) is 5.22. The lowest BCUT2D eigenvalue weighted by Gasteiger charge is -2.23. The summed E-state index contributed by atoms with van der Waals surface area (Å²) in [5.74, 6) is -0.00300. The number of aryl methyl sites for hydroxylation is 1. The summed E-state index contributed by atoms with van der Waals surface area (Å²) in [6.45, 7) is 3.82. The first kappa shape index (κ1) is 22.4. The number of nitrogens with one attached hydrogen (secondary N) is 1. The largest absolute Gasteiger partial charge is 0.495 e. The van der Waals surface area contributed by atoms with Gasteiger partial charge in [-0.25, -0.2) is 8.42 Å². The Bertz CT molecular complexity index is 1410. The van der Waals surface area contributed by atoms with Crippen LogP contribution in [-0.2, 0) is 10.0 Å². The van der Waals surface area contributed by atoms with Gasteiger partial charge >= 0.3 is 0 Å². The summed E-state index contributed by atoms with van der Waals surface area (Å²) in [6, 6.07) is 20.6. The van der Waals surface area contributed by atoms with Crippen molar-refractivity contribution in [2.75, 3.05) is 23.3 Å². The zero-order valence-electron chi connectivity index (χ0n) is 18.5. The zero-order chi connectivity index (χ0) is 23.6. The fourth-order valence-corrected chi connectivity index (χ4v) is 5.23. The summed E-state index contributed by atoms with van der Waals surface area (Å²) in [4.78, 5) is 13.1. The number of methoxy groups -OCH3 is 1. The molecule has 0 unspecified atom stereocenters. The number of anilines is 2. The average molecular weight is 465 g/mol. The van der Waals surface area contributed by atoms with Crippen LogP contribution in [0.4, 0.5) is 11.4 Å². The highest BCUT2D eigenvalue weighted by Crippen LogP contribution is 2.32. The molecule has 0 aliphatic carbocycles. The number of hydrogen-bond donors (Lipinski definition) is 1. The molecule has 33 heavy (non-hydrogen) atoms.